The number of hydrogen-bond donors (Lipinski definition) is 0. The second-order valence-electron chi connectivity index (χ2n) is 2.14. The molecule has 0 aliphatic heterocycles. The maximum absolute atomic E-state index is 8.23. The summed E-state index contributed by atoms with van der Waals surface area (Å²) in [6, 6.07) is 2.07. The fourth-order valence-electron chi connectivity index (χ4n) is 0.603. The number of unbranched alkanes of at least 4 members (excludes halogenated alkanes) is 1. The molecule has 0 radical (unpaired) electrons. The van der Waals surface area contributed by atoms with E-state index in [9.17, 15) is 0 Å². The van der Waals surface area contributed by atoms with Gasteiger partial charge in [-0.05, 0) is 26.1 Å². The fraction of sp³-hybridized carbons (Fsp3) is 0.333. The fourth-order valence-corrected chi connectivity index (χ4v) is 0.603. The predicted molar refractivity (Wildman–Crippen MR) is 47.3 cm³/mol. The Hall–Kier alpha value is -1.36. The van der Waals surface area contributed by atoms with Crippen LogP contribution in [0.25, 0.3) is 0 Å². The van der Waals surface area contributed by atoms with Crippen LogP contribution in [0.5, 0.6) is 0 Å². The summed E-state index contributed by atoms with van der Waals surface area (Å²) in [7, 11) is 0. The van der Waals surface area contributed by atoms with Crippen LogP contribution in [0.4, 0.5) is 0 Å². The molecule has 0 aliphatic carbocycles. The number of nitrogens with zero attached hydrogens (tertiary/aromatic N) is 2. The summed E-state index contributed by atoms with van der Waals surface area (Å²) in [5.41, 5.74) is 1.12. The molecule has 2 nitrogen and oxygen atoms in total. The SMILES string of the molecule is C=NC=CC(C)=CCCC#N. The molecule has 11 heavy (non-hydrogen) atoms. The molecular weight excluding hydrogens is 136 g/mol. The van der Waals surface area contributed by atoms with E-state index in [1.807, 2.05) is 19.1 Å². The monoisotopic (exact) mass is 148 g/mol. The van der Waals surface area contributed by atoms with Gasteiger partial charge in [-0.1, -0.05) is 11.6 Å². The third-order valence-corrected chi connectivity index (χ3v) is 1.17. The van der Waals surface area contributed by atoms with E-state index >= 15 is 0 Å². The van der Waals surface area contributed by atoms with Crippen LogP contribution in [0.1, 0.15) is 19.8 Å². The minimum atomic E-state index is 0.576. The Morgan fingerprint density at radius 3 is 3.00 bits per heavy atom. The lowest BCUT2D eigenvalue weighted by Gasteiger charge is -1.87. The zero-order valence-corrected chi connectivity index (χ0v) is 6.75. The lowest BCUT2D eigenvalue weighted by Crippen LogP contribution is -1.69. The number of hydrogen-bond acceptors (Lipinski definition) is 2. The zero-order valence-electron chi connectivity index (χ0n) is 6.75. The van der Waals surface area contributed by atoms with E-state index in [1.165, 1.54) is 0 Å². The predicted octanol–water partition coefficient (Wildman–Crippen LogP) is 2.45. The van der Waals surface area contributed by atoms with Gasteiger partial charge in [0, 0.05) is 12.6 Å². The smallest absolute Gasteiger partial charge is 0.0625 e. The summed E-state index contributed by atoms with van der Waals surface area (Å²) in [5, 5.41) is 8.23. The highest BCUT2D eigenvalue weighted by Gasteiger charge is 1.81. The van der Waals surface area contributed by atoms with Crippen molar-refractivity contribution < 1.29 is 0 Å². The van der Waals surface area contributed by atoms with Crippen molar-refractivity contribution in [1.29, 1.82) is 5.26 Å². The van der Waals surface area contributed by atoms with Gasteiger partial charge in [0.2, 0.25) is 0 Å². The molecule has 0 spiro atoms. The van der Waals surface area contributed by atoms with Gasteiger partial charge in [0.15, 0.2) is 0 Å². The standard InChI is InChI=1S/C9H12N2/c1-9(6-8-11-2)5-3-4-7-10/h5-6,8H,2-4H2,1H3. The third kappa shape index (κ3) is 6.53. The van der Waals surface area contributed by atoms with Crippen molar-refractivity contribution in [2.24, 2.45) is 4.99 Å². The first-order chi connectivity index (χ1) is 5.31. The van der Waals surface area contributed by atoms with Crippen molar-refractivity contribution in [1.82, 2.24) is 0 Å². The van der Waals surface area contributed by atoms with Gasteiger partial charge in [-0.3, -0.25) is 4.99 Å². The van der Waals surface area contributed by atoms with Gasteiger partial charge in [0.1, 0.15) is 0 Å². The van der Waals surface area contributed by atoms with E-state index in [1.54, 1.807) is 6.20 Å². The van der Waals surface area contributed by atoms with Gasteiger partial charge in [-0.2, -0.15) is 5.26 Å². The van der Waals surface area contributed by atoms with Crippen LogP contribution in [0.2, 0.25) is 0 Å². The Kier molecular flexibility index (Phi) is 5.92. The Morgan fingerprint density at radius 1 is 1.73 bits per heavy atom. The quantitative estimate of drug-likeness (QED) is 0.342. The molecule has 0 heterocycles. The van der Waals surface area contributed by atoms with E-state index < -0.39 is 0 Å². The van der Waals surface area contributed by atoms with Crippen LogP contribution < -0.4 is 0 Å². The highest BCUT2D eigenvalue weighted by Crippen LogP contribution is 1.99. The first-order valence-corrected chi connectivity index (χ1v) is 3.47. The summed E-state index contributed by atoms with van der Waals surface area (Å²) in [6.07, 6.45) is 6.89. The van der Waals surface area contributed by atoms with E-state index in [2.05, 4.69) is 17.8 Å². The second-order valence-corrected chi connectivity index (χ2v) is 2.14. The minimum Gasteiger partial charge on any atom is -0.273 e. The Labute approximate surface area is 67.6 Å². The Balaban J connectivity index is 3.73. The van der Waals surface area contributed by atoms with Crippen molar-refractivity contribution in [2.75, 3.05) is 0 Å². The van der Waals surface area contributed by atoms with Crippen molar-refractivity contribution >= 4 is 6.72 Å². The highest BCUT2D eigenvalue weighted by atomic mass is 14.6. The first kappa shape index (κ1) is 9.64. The van der Waals surface area contributed by atoms with Crippen molar-refractivity contribution in [3.8, 4) is 6.07 Å². The van der Waals surface area contributed by atoms with E-state index in [0.717, 1.165) is 12.0 Å². The molecule has 58 valence electrons. The van der Waals surface area contributed by atoms with Crippen LogP contribution in [0, 0.1) is 11.3 Å². The largest absolute Gasteiger partial charge is 0.273 e. The number of allylic oxidation sites excluding steroid dienone is 3. The van der Waals surface area contributed by atoms with Crippen molar-refractivity contribution in [3.63, 3.8) is 0 Å². The topological polar surface area (TPSA) is 36.1 Å². The van der Waals surface area contributed by atoms with Crippen molar-refractivity contribution in [2.45, 2.75) is 19.8 Å². The first-order valence-electron chi connectivity index (χ1n) is 3.47. The van der Waals surface area contributed by atoms with Gasteiger partial charge in [0.25, 0.3) is 0 Å². The number of aliphatic imine (C=N–C) groups is 1. The number of rotatable bonds is 4. The summed E-state index contributed by atoms with van der Waals surface area (Å²) < 4.78 is 0. The molecule has 2 heteroatoms. The molecule has 0 aromatic carbocycles. The summed E-state index contributed by atoms with van der Waals surface area (Å²) >= 11 is 0. The van der Waals surface area contributed by atoms with Crippen LogP contribution in [0.15, 0.2) is 28.9 Å². The molecule has 0 unspecified atom stereocenters. The molecule has 0 aromatic heterocycles. The lowest BCUT2D eigenvalue weighted by molar-refractivity contribution is 1.05. The van der Waals surface area contributed by atoms with Gasteiger partial charge in [-0.15, -0.1) is 0 Å². The molecule has 0 amide bonds. The van der Waals surface area contributed by atoms with E-state index in [0.29, 0.717) is 6.42 Å². The molecule has 0 saturated carbocycles. The van der Waals surface area contributed by atoms with Gasteiger partial charge >= 0.3 is 0 Å². The maximum Gasteiger partial charge on any atom is 0.0625 e. The minimum absolute atomic E-state index is 0.576. The zero-order chi connectivity index (χ0) is 8.53. The molecule has 0 fully saturated rings. The van der Waals surface area contributed by atoms with Crippen LogP contribution in [-0.4, -0.2) is 6.72 Å². The molecular formula is C9H12N2. The highest BCUT2D eigenvalue weighted by molar-refractivity contribution is 5.27. The van der Waals surface area contributed by atoms with Crippen LogP contribution in [0.3, 0.4) is 0 Å². The molecule has 0 bridgehead atoms. The van der Waals surface area contributed by atoms with E-state index in [4.69, 9.17) is 5.26 Å². The Morgan fingerprint density at radius 2 is 2.45 bits per heavy atom. The average Bonchev–Trinajstić information content (AvgIpc) is 2.01. The van der Waals surface area contributed by atoms with Gasteiger partial charge in [0.05, 0.1) is 6.07 Å². The van der Waals surface area contributed by atoms with E-state index in [-0.39, 0.29) is 0 Å². The molecule has 0 N–H and O–H groups in total. The number of nitriles is 1. The Bertz CT molecular complexity index is 206. The average molecular weight is 148 g/mol. The molecule has 0 aliphatic rings. The molecule has 0 atom stereocenters. The summed E-state index contributed by atoms with van der Waals surface area (Å²) in [4.78, 5) is 3.57. The second kappa shape index (κ2) is 6.76. The van der Waals surface area contributed by atoms with Crippen molar-refractivity contribution in [3.05, 3.63) is 23.9 Å². The van der Waals surface area contributed by atoms with Crippen LogP contribution in [-0.2, 0) is 0 Å². The maximum atomic E-state index is 8.23. The third-order valence-electron chi connectivity index (χ3n) is 1.17. The molecule has 0 aromatic rings. The summed E-state index contributed by atoms with van der Waals surface area (Å²) in [5.74, 6) is 0. The molecule has 0 saturated heterocycles. The lowest BCUT2D eigenvalue weighted by atomic mass is 10.2. The van der Waals surface area contributed by atoms with Gasteiger partial charge < -0.3 is 0 Å². The summed E-state index contributed by atoms with van der Waals surface area (Å²) in [6.45, 7) is 5.28. The molecule has 0 rings (SSSR count). The normalized spacial score (nSPS) is 11.5. The van der Waals surface area contributed by atoms with Crippen LogP contribution >= 0.6 is 0 Å². The van der Waals surface area contributed by atoms with Gasteiger partial charge in [-0.25, -0.2) is 0 Å².